The molecule has 1 unspecified atom stereocenters. The minimum Gasteiger partial charge on any atom is -0.376 e. The van der Waals surface area contributed by atoms with E-state index in [1.54, 1.807) is 12.1 Å². The Bertz CT molecular complexity index is 743. The summed E-state index contributed by atoms with van der Waals surface area (Å²) in [5, 5.41) is 0.668. The molecule has 0 saturated carbocycles. The molecule has 9 heteroatoms. The molecule has 0 aromatic heterocycles. The Morgan fingerprint density at radius 2 is 1.80 bits per heavy atom. The first-order chi connectivity index (χ1) is 11.8. The van der Waals surface area contributed by atoms with E-state index in [4.69, 9.17) is 21.2 Å². The molecule has 0 heterocycles. The van der Waals surface area contributed by atoms with Gasteiger partial charge in [-0.05, 0) is 41.8 Å². The quantitative estimate of drug-likeness (QED) is 0.433. The predicted molar refractivity (Wildman–Crippen MR) is 95.2 cm³/mol. The van der Waals surface area contributed by atoms with Crippen molar-refractivity contribution in [1.29, 1.82) is 0 Å². The summed E-state index contributed by atoms with van der Waals surface area (Å²) >= 11 is 8.84. The highest BCUT2D eigenvalue weighted by Crippen LogP contribution is 2.40. The molecule has 0 aliphatic rings. The summed E-state index contributed by atoms with van der Waals surface area (Å²) in [6.07, 6.45) is -3.15. The Labute approximate surface area is 157 Å². The molecule has 2 aromatic rings. The van der Waals surface area contributed by atoms with Gasteiger partial charge < -0.3 is 9.63 Å². The fraction of sp³-hybridized carbons (Fsp3) is 0.250. The van der Waals surface area contributed by atoms with Gasteiger partial charge in [0.2, 0.25) is 0 Å². The minimum atomic E-state index is -3.85. The molecule has 4 nitrogen and oxygen atoms in total. The van der Waals surface area contributed by atoms with Crippen LogP contribution in [0.2, 0.25) is 5.02 Å². The second kappa shape index (κ2) is 9.21. The second-order valence-electron chi connectivity index (χ2n) is 5.13. The topological polar surface area (TPSA) is 55.8 Å². The van der Waals surface area contributed by atoms with Gasteiger partial charge in [0.1, 0.15) is 0 Å². The van der Waals surface area contributed by atoms with Crippen LogP contribution in [0.5, 0.6) is 0 Å². The monoisotopic (exact) mass is 454 g/mol. The van der Waals surface area contributed by atoms with Crippen LogP contribution in [-0.4, -0.2) is 11.5 Å². The van der Waals surface area contributed by atoms with Crippen molar-refractivity contribution in [3.05, 3.63) is 68.7 Å². The first kappa shape index (κ1) is 20.5. The van der Waals surface area contributed by atoms with Crippen molar-refractivity contribution in [2.24, 2.45) is 0 Å². The predicted octanol–water partition coefficient (Wildman–Crippen LogP) is 5.31. The SMILES string of the molecule is O=[PH](O)OC(F)(F)c1ccc(COCCc2ccc(Cl)cc2)cc1Br. The van der Waals surface area contributed by atoms with Gasteiger partial charge in [-0.25, -0.2) is 4.52 Å². The Morgan fingerprint density at radius 1 is 1.16 bits per heavy atom. The zero-order valence-electron chi connectivity index (χ0n) is 12.8. The van der Waals surface area contributed by atoms with E-state index in [9.17, 15) is 13.3 Å². The summed E-state index contributed by atoms with van der Waals surface area (Å²) in [5.41, 5.74) is 1.24. The van der Waals surface area contributed by atoms with Crippen LogP contribution in [0.15, 0.2) is 46.9 Å². The lowest BCUT2D eigenvalue weighted by atomic mass is 10.1. The molecule has 2 rings (SSSR count). The third-order valence-corrected chi connectivity index (χ3v) is 4.62. The molecule has 0 saturated heterocycles. The molecule has 0 bridgehead atoms. The van der Waals surface area contributed by atoms with Crippen molar-refractivity contribution in [3.63, 3.8) is 0 Å². The molecule has 25 heavy (non-hydrogen) atoms. The summed E-state index contributed by atoms with van der Waals surface area (Å²) in [7, 11) is -3.77. The lowest BCUT2D eigenvalue weighted by molar-refractivity contribution is -0.186. The summed E-state index contributed by atoms with van der Waals surface area (Å²) in [5.74, 6) is 0. The summed E-state index contributed by atoms with van der Waals surface area (Å²) in [6.45, 7) is 0.711. The maximum Gasteiger partial charge on any atom is 0.390 e. The minimum absolute atomic E-state index is 0.0690. The number of rotatable bonds is 8. The normalized spacial score (nSPS) is 13.0. The van der Waals surface area contributed by atoms with Crippen LogP contribution < -0.4 is 0 Å². The second-order valence-corrected chi connectivity index (χ2v) is 7.15. The van der Waals surface area contributed by atoms with Gasteiger partial charge in [0.15, 0.2) is 0 Å². The van der Waals surface area contributed by atoms with Crippen molar-refractivity contribution < 1.29 is 27.5 Å². The van der Waals surface area contributed by atoms with Crippen LogP contribution in [0.4, 0.5) is 8.78 Å². The highest BCUT2D eigenvalue weighted by molar-refractivity contribution is 9.10. The van der Waals surface area contributed by atoms with Gasteiger partial charge in [0.25, 0.3) is 0 Å². The van der Waals surface area contributed by atoms with Crippen LogP contribution >= 0.6 is 35.8 Å². The highest BCUT2D eigenvalue weighted by atomic mass is 79.9. The fourth-order valence-corrected chi connectivity index (χ4v) is 3.19. The number of ether oxygens (including phenoxy) is 1. The van der Waals surface area contributed by atoms with E-state index in [0.29, 0.717) is 23.6 Å². The van der Waals surface area contributed by atoms with Crippen LogP contribution in [0.3, 0.4) is 0 Å². The van der Waals surface area contributed by atoms with E-state index in [-0.39, 0.29) is 11.1 Å². The molecule has 1 atom stereocenters. The number of benzene rings is 2. The summed E-state index contributed by atoms with van der Waals surface area (Å²) in [6, 6.07) is 11.5. The van der Waals surface area contributed by atoms with Gasteiger partial charge >= 0.3 is 14.4 Å². The average molecular weight is 456 g/mol. The zero-order valence-corrected chi connectivity index (χ0v) is 16.2. The maximum atomic E-state index is 13.7. The van der Waals surface area contributed by atoms with E-state index in [1.165, 1.54) is 12.1 Å². The van der Waals surface area contributed by atoms with Crippen molar-refractivity contribution >= 4 is 35.8 Å². The van der Waals surface area contributed by atoms with Crippen molar-refractivity contribution in [3.8, 4) is 0 Å². The number of alkyl halides is 2. The Kier molecular flexibility index (Phi) is 7.55. The maximum absolute atomic E-state index is 13.7. The summed E-state index contributed by atoms with van der Waals surface area (Å²) in [4.78, 5) is 8.55. The molecule has 0 radical (unpaired) electrons. The van der Waals surface area contributed by atoms with Crippen LogP contribution in [0.25, 0.3) is 0 Å². The van der Waals surface area contributed by atoms with Gasteiger partial charge in [0.05, 0.1) is 18.8 Å². The molecule has 1 N–H and O–H groups in total. The molecule has 0 fully saturated rings. The Balaban J connectivity index is 1.90. The third-order valence-electron chi connectivity index (χ3n) is 3.28. The van der Waals surface area contributed by atoms with Gasteiger partial charge in [0, 0.05) is 9.50 Å². The molecular weight excluding hydrogens is 440 g/mol. The summed E-state index contributed by atoms with van der Waals surface area (Å²) < 4.78 is 47.3. The van der Waals surface area contributed by atoms with Gasteiger partial charge in [-0.1, -0.05) is 45.7 Å². The Hall–Kier alpha value is -0.820. The van der Waals surface area contributed by atoms with Crippen molar-refractivity contribution in [2.45, 2.75) is 19.1 Å². The Morgan fingerprint density at radius 3 is 2.40 bits per heavy atom. The smallest absolute Gasteiger partial charge is 0.376 e. The van der Waals surface area contributed by atoms with Crippen LogP contribution in [-0.2, 0) is 33.0 Å². The first-order valence-electron chi connectivity index (χ1n) is 7.19. The van der Waals surface area contributed by atoms with E-state index < -0.39 is 19.9 Å². The lowest BCUT2D eigenvalue weighted by Gasteiger charge is -2.17. The van der Waals surface area contributed by atoms with E-state index in [0.717, 1.165) is 11.6 Å². The van der Waals surface area contributed by atoms with E-state index >= 15 is 0 Å². The van der Waals surface area contributed by atoms with Crippen molar-refractivity contribution in [2.75, 3.05) is 6.61 Å². The molecule has 136 valence electrons. The standard InChI is InChI=1S/C16H15BrClF2O4P/c17-15-9-12(3-6-14(15)16(19,20)24-25(21)22)10-23-8-7-11-1-4-13(18)5-2-11/h1-6,9,25H,7-8,10H2,(H,21,22). The number of halogens is 4. The molecule has 0 amide bonds. The van der Waals surface area contributed by atoms with E-state index in [1.807, 2.05) is 12.1 Å². The fourth-order valence-electron chi connectivity index (χ4n) is 2.08. The number of hydrogen-bond donors (Lipinski definition) is 1. The highest BCUT2D eigenvalue weighted by Gasteiger charge is 2.37. The van der Waals surface area contributed by atoms with Gasteiger partial charge in [-0.2, -0.15) is 8.78 Å². The van der Waals surface area contributed by atoms with Crippen LogP contribution in [0.1, 0.15) is 16.7 Å². The van der Waals surface area contributed by atoms with Crippen molar-refractivity contribution in [1.82, 2.24) is 0 Å². The lowest BCUT2D eigenvalue weighted by Crippen LogP contribution is -2.15. The molecule has 0 spiro atoms. The van der Waals surface area contributed by atoms with Gasteiger partial charge in [-0.15, -0.1) is 0 Å². The first-order valence-corrected chi connectivity index (χ1v) is 9.62. The molecular formula is C16H15BrClF2O4P. The largest absolute Gasteiger partial charge is 0.390 e. The molecule has 0 aliphatic carbocycles. The molecule has 2 aromatic carbocycles. The van der Waals surface area contributed by atoms with E-state index in [2.05, 4.69) is 20.5 Å². The van der Waals surface area contributed by atoms with Gasteiger partial charge in [-0.3, -0.25) is 4.57 Å². The molecule has 0 aliphatic heterocycles. The number of hydrogen-bond acceptors (Lipinski definition) is 3. The third kappa shape index (κ3) is 6.44. The zero-order chi connectivity index (χ0) is 18.4. The van der Waals surface area contributed by atoms with Crippen LogP contribution in [0, 0.1) is 0 Å². The average Bonchev–Trinajstić information content (AvgIpc) is 2.52.